The molecule has 0 spiro atoms. The summed E-state index contributed by atoms with van der Waals surface area (Å²) in [5, 5.41) is 6.29. The van der Waals surface area contributed by atoms with E-state index in [1.807, 2.05) is 85.1 Å². The summed E-state index contributed by atoms with van der Waals surface area (Å²) in [5.74, 6) is 2.95. The SMILES string of the molecule is COc1ccc(CNC(=O)N2CCc3nc(NCc4cccc(Oc5ccccc5)c4)ncc3C2)cc1. The molecular formula is C29H29N5O3. The number of anilines is 1. The molecule has 8 heteroatoms. The van der Waals surface area contributed by atoms with Crippen molar-refractivity contribution in [1.82, 2.24) is 20.2 Å². The Morgan fingerprint density at radius 3 is 2.54 bits per heavy atom. The molecular weight excluding hydrogens is 466 g/mol. The number of aromatic nitrogens is 2. The zero-order valence-electron chi connectivity index (χ0n) is 20.7. The summed E-state index contributed by atoms with van der Waals surface area (Å²) in [6, 6.07) is 25.2. The van der Waals surface area contributed by atoms with Gasteiger partial charge >= 0.3 is 6.03 Å². The van der Waals surface area contributed by atoms with Gasteiger partial charge in [-0.3, -0.25) is 0 Å². The number of amides is 2. The maximum Gasteiger partial charge on any atom is 0.317 e. The highest BCUT2D eigenvalue weighted by atomic mass is 16.5. The molecule has 8 nitrogen and oxygen atoms in total. The second-order valence-electron chi connectivity index (χ2n) is 8.76. The van der Waals surface area contributed by atoms with Crippen LogP contribution in [0.3, 0.4) is 0 Å². The summed E-state index contributed by atoms with van der Waals surface area (Å²) >= 11 is 0. The van der Waals surface area contributed by atoms with Gasteiger partial charge in [0.1, 0.15) is 17.2 Å². The van der Waals surface area contributed by atoms with Gasteiger partial charge in [0.2, 0.25) is 5.95 Å². The quantitative estimate of drug-likeness (QED) is 0.351. The van der Waals surface area contributed by atoms with E-state index in [9.17, 15) is 4.79 Å². The van der Waals surface area contributed by atoms with Gasteiger partial charge in [0.15, 0.2) is 0 Å². The number of hydrogen-bond donors (Lipinski definition) is 2. The number of carbonyl (C=O) groups excluding carboxylic acids is 1. The smallest absolute Gasteiger partial charge is 0.317 e. The summed E-state index contributed by atoms with van der Waals surface area (Å²) in [7, 11) is 1.63. The maximum atomic E-state index is 12.7. The number of benzene rings is 3. The molecule has 3 aromatic carbocycles. The van der Waals surface area contributed by atoms with Gasteiger partial charge in [0.05, 0.1) is 19.3 Å². The Hall–Kier alpha value is -4.59. The first-order chi connectivity index (χ1) is 18.2. The fourth-order valence-electron chi connectivity index (χ4n) is 4.13. The van der Waals surface area contributed by atoms with Crippen molar-refractivity contribution in [3.63, 3.8) is 0 Å². The number of rotatable bonds is 8. The van der Waals surface area contributed by atoms with Gasteiger partial charge in [-0.1, -0.05) is 42.5 Å². The molecule has 0 radical (unpaired) electrons. The number of ether oxygens (including phenoxy) is 2. The summed E-state index contributed by atoms with van der Waals surface area (Å²) in [5.41, 5.74) is 4.02. The van der Waals surface area contributed by atoms with Gasteiger partial charge < -0.3 is 25.0 Å². The Morgan fingerprint density at radius 1 is 0.919 bits per heavy atom. The van der Waals surface area contributed by atoms with E-state index in [-0.39, 0.29) is 6.03 Å². The fraction of sp³-hybridized carbons (Fsp3) is 0.207. The van der Waals surface area contributed by atoms with Gasteiger partial charge in [-0.2, -0.15) is 0 Å². The summed E-state index contributed by atoms with van der Waals surface area (Å²) in [4.78, 5) is 23.7. The zero-order valence-corrected chi connectivity index (χ0v) is 20.7. The lowest BCUT2D eigenvalue weighted by molar-refractivity contribution is 0.191. The van der Waals surface area contributed by atoms with Gasteiger partial charge in [-0.05, 0) is 47.5 Å². The Morgan fingerprint density at radius 2 is 1.73 bits per heavy atom. The molecule has 188 valence electrons. The zero-order chi connectivity index (χ0) is 25.5. The van der Waals surface area contributed by atoms with Crippen molar-refractivity contribution in [3.05, 3.63) is 107 Å². The number of nitrogens with zero attached hydrogens (tertiary/aromatic N) is 3. The second kappa shape index (κ2) is 11.4. The Labute approximate surface area is 216 Å². The fourth-order valence-corrected chi connectivity index (χ4v) is 4.13. The van der Waals surface area contributed by atoms with Crippen molar-refractivity contribution >= 4 is 12.0 Å². The van der Waals surface area contributed by atoms with Crippen LogP contribution in [0, 0.1) is 0 Å². The predicted octanol–water partition coefficient (Wildman–Crippen LogP) is 5.16. The first kappa shape index (κ1) is 24.1. The van der Waals surface area contributed by atoms with Crippen LogP contribution in [-0.2, 0) is 26.1 Å². The molecule has 1 aliphatic rings. The van der Waals surface area contributed by atoms with Crippen LogP contribution in [0.1, 0.15) is 22.4 Å². The van der Waals surface area contributed by atoms with Crippen LogP contribution in [0.5, 0.6) is 17.2 Å². The number of hydrogen-bond acceptors (Lipinski definition) is 6. The molecule has 5 rings (SSSR count). The highest BCUT2D eigenvalue weighted by Crippen LogP contribution is 2.23. The van der Waals surface area contributed by atoms with Crippen LogP contribution < -0.4 is 20.1 Å². The number of para-hydroxylation sites is 1. The Bertz CT molecular complexity index is 1350. The van der Waals surface area contributed by atoms with Gasteiger partial charge in [-0.15, -0.1) is 0 Å². The van der Waals surface area contributed by atoms with Crippen LogP contribution in [0.2, 0.25) is 0 Å². The Balaban J connectivity index is 1.13. The van der Waals surface area contributed by atoms with E-state index in [2.05, 4.69) is 15.6 Å². The molecule has 0 bridgehead atoms. The van der Waals surface area contributed by atoms with Gasteiger partial charge in [-0.25, -0.2) is 14.8 Å². The van der Waals surface area contributed by atoms with E-state index in [0.29, 0.717) is 38.5 Å². The third kappa shape index (κ3) is 6.35. The average molecular weight is 496 g/mol. The van der Waals surface area contributed by atoms with Crippen LogP contribution in [-0.4, -0.2) is 34.6 Å². The molecule has 37 heavy (non-hydrogen) atoms. The normalized spacial score (nSPS) is 12.4. The minimum Gasteiger partial charge on any atom is -0.497 e. The average Bonchev–Trinajstić information content (AvgIpc) is 2.95. The highest BCUT2D eigenvalue weighted by Gasteiger charge is 2.22. The summed E-state index contributed by atoms with van der Waals surface area (Å²) in [6.07, 6.45) is 2.49. The molecule has 0 saturated heterocycles. The lowest BCUT2D eigenvalue weighted by atomic mass is 10.1. The molecule has 1 aliphatic heterocycles. The van der Waals surface area contributed by atoms with Crippen molar-refractivity contribution in [2.45, 2.75) is 26.1 Å². The predicted molar refractivity (Wildman–Crippen MR) is 142 cm³/mol. The maximum absolute atomic E-state index is 12.7. The lowest BCUT2D eigenvalue weighted by Gasteiger charge is -2.28. The third-order valence-electron chi connectivity index (χ3n) is 6.15. The standard InChI is InChI=1S/C29H29N5O3/c1-36-24-12-10-21(11-13-24)17-32-29(35)34-15-14-27-23(20-34)19-31-28(33-27)30-18-22-6-5-9-26(16-22)37-25-7-3-2-4-8-25/h2-13,16,19H,14-15,17-18,20H2,1H3,(H,32,35)(H,30,31,33). The number of carbonyl (C=O) groups is 1. The molecule has 0 unspecified atom stereocenters. The molecule has 2 N–H and O–H groups in total. The third-order valence-corrected chi connectivity index (χ3v) is 6.15. The largest absolute Gasteiger partial charge is 0.497 e. The number of methoxy groups -OCH3 is 1. The number of urea groups is 1. The van der Waals surface area contributed by atoms with Crippen molar-refractivity contribution in [3.8, 4) is 17.2 Å². The monoisotopic (exact) mass is 495 g/mol. The molecule has 1 aromatic heterocycles. The van der Waals surface area contributed by atoms with Gasteiger partial charge in [0, 0.05) is 37.8 Å². The van der Waals surface area contributed by atoms with Crippen molar-refractivity contribution < 1.29 is 14.3 Å². The van der Waals surface area contributed by atoms with Crippen molar-refractivity contribution in [2.24, 2.45) is 0 Å². The highest BCUT2D eigenvalue weighted by molar-refractivity contribution is 5.74. The number of fused-ring (bicyclic) bond motifs is 1. The van der Waals surface area contributed by atoms with Crippen LogP contribution in [0.4, 0.5) is 10.7 Å². The minimum absolute atomic E-state index is 0.0960. The molecule has 4 aromatic rings. The van der Waals surface area contributed by atoms with Crippen molar-refractivity contribution in [2.75, 3.05) is 19.0 Å². The van der Waals surface area contributed by atoms with Crippen LogP contribution in [0.25, 0.3) is 0 Å². The van der Waals surface area contributed by atoms with E-state index in [0.717, 1.165) is 39.6 Å². The topological polar surface area (TPSA) is 88.6 Å². The van der Waals surface area contributed by atoms with Gasteiger partial charge in [0.25, 0.3) is 0 Å². The minimum atomic E-state index is -0.0960. The van der Waals surface area contributed by atoms with E-state index < -0.39 is 0 Å². The molecule has 2 amide bonds. The van der Waals surface area contributed by atoms with Crippen LogP contribution in [0.15, 0.2) is 85.1 Å². The van der Waals surface area contributed by atoms with E-state index in [1.165, 1.54) is 0 Å². The number of nitrogens with one attached hydrogen (secondary N) is 2. The van der Waals surface area contributed by atoms with Crippen molar-refractivity contribution in [1.29, 1.82) is 0 Å². The lowest BCUT2D eigenvalue weighted by Crippen LogP contribution is -2.42. The summed E-state index contributed by atoms with van der Waals surface area (Å²) in [6.45, 7) is 2.13. The molecule has 2 heterocycles. The molecule has 0 fully saturated rings. The first-order valence-corrected chi connectivity index (χ1v) is 12.2. The Kier molecular flexibility index (Phi) is 7.45. The van der Waals surface area contributed by atoms with E-state index in [1.54, 1.807) is 12.0 Å². The second-order valence-corrected chi connectivity index (χ2v) is 8.76. The van der Waals surface area contributed by atoms with E-state index in [4.69, 9.17) is 14.5 Å². The summed E-state index contributed by atoms with van der Waals surface area (Å²) < 4.78 is 11.1. The molecule has 0 atom stereocenters. The first-order valence-electron chi connectivity index (χ1n) is 12.2. The van der Waals surface area contributed by atoms with Crippen LogP contribution >= 0.6 is 0 Å². The molecule has 0 aliphatic carbocycles. The molecule has 0 saturated carbocycles. The van der Waals surface area contributed by atoms with E-state index >= 15 is 0 Å².